The summed E-state index contributed by atoms with van der Waals surface area (Å²) >= 11 is 1.50. The van der Waals surface area contributed by atoms with E-state index in [9.17, 15) is 4.79 Å². The summed E-state index contributed by atoms with van der Waals surface area (Å²) in [7, 11) is 1.43. The first-order valence-electron chi connectivity index (χ1n) is 6.52. The molecule has 1 aromatic heterocycles. The molecule has 0 N–H and O–H groups in total. The van der Waals surface area contributed by atoms with Gasteiger partial charge in [0.05, 0.1) is 13.2 Å². The Bertz CT molecular complexity index is 596. The Balaban J connectivity index is 2.15. The number of carbonyl (C=O) groups excluding carboxylic acids is 1. The summed E-state index contributed by atoms with van der Waals surface area (Å²) in [6.07, 6.45) is 3.26. The van der Waals surface area contributed by atoms with Crippen LogP contribution in [-0.4, -0.2) is 19.7 Å². The molecule has 1 aliphatic rings. The van der Waals surface area contributed by atoms with Crippen molar-refractivity contribution in [1.29, 1.82) is 0 Å². The van der Waals surface area contributed by atoms with Crippen LogP contribution in [0.1, 0.15) is 40.6 Å². The van der Waals surface area contributed by atoms with Gasteiger partial charge in [-0.25, -0.2) is 4.79 Å². The van der Waals surface area contributed by atoms with Gasteiger partial charge in [0.25, 0.3) is 0 Å². The molecule has 1 saturated heterocycles. The van der Waals surface area contributed by atoms with Gasteiger partial charge in [0.2, 0.25) is 0 Å². The van der Waals surface area contributed by atoms with Crippen LogP contribution in [0, 0.1) is 0 Å². The van der Waals surface area contributed by atoms with E-state index in [1.54, 1.807) is 0 Å². The van der Waals surface area contributed by atoms with Gasteiger partial charge in [0, 0.05) is 16.9 Å². The molecule has 0 amide bonds. The van der Waals surface area contributed by atoms with Gasteiger partial charge >= 0.3 is 5.97 Å². The van der Waals surface area contributed by atoms with E-state index in [0.717, 1.165) is 41.5 Å². The van der Waals surface area contributed by atoms with Gasteiger partial charge in [-0.2, -0.15) is 0 Å². The van der Waals surface area contributed by atoms with E-state index in [4.69, 9.17) is 9.47 Å². The second kappa shape index (κ2) is 5.31. The van der Waals surface area contributed by atoms with Gasteiger partial charge in [0.1, 0.15) is 4.88 Å². The van der Waals surface area contributed by atoms with Gasteiger partial charge in [-0.15, -0.1) is 11.3 Å². The predicted octanol–water partition coefficient (Wildman–Crippen LogP) is 3.93. The Labute approximate surface area is 116 Å². The lowest BCUT2D eigenvalue weighted by Gasteiger charge is -2.23. The van der Waals surface area contributed by atoms with Crippen molar-refractivity contribution in [3.63, 3.8) is 0 Å². The smallest absolute Gasteiger partial charge is 0.348 e. The number of hydrogen-bond donors (Lipinski definition) is 0. The molecule has 0 aliphatic carbocycles. The Morgan fingerprint density at radius 3 is 2.95 bits per heavy atom. The van der Waals surface area contributed by atoms with Crippen LogP contribution in [0.5, 0.6) is 0 Å². The van der Waals surface area contributed by atoms with Crippen molar-refractivity contribution in [2.75, 3.05) is 13.7 Å². The lowest BCUT2D eigenvalue weighted by atomic mass is 9.98. The summed E-state index contributed by atoms with van der Waals surface area (Å²) in [6, 6.07) is 8.10. The highest BCUT2D eigenvalue weighted by molar-refractivity contribution is 7.21. The van der Waals surface area contributed by atoms with Crippen LogP contribution in [-0.2, 0) is 9.47 Å². The normalized spacial score (nSPS) is 19.5. The molecule has 3 rings (SSSR count). The van der Waals surface area contributed by atoms with E-state index in [1.807, 2.05) is 18.2 Å². The SMILES string of the molecule is COC(=O)c1sc2ccccc2c1C1CCCCO1. The fourth-order valence-corrected chi connectivity index (χ4v) is 3.77. The standard InChI is InChI=1S/C15H16O3S/c1-17-15(16)14-13(11-7-4-5-9-18-11)10-6-2-3-8-12(10)19-14/h2-3,6,8,11H,4-5,7,9H2,1H3. The molecule has 1 aromatic carbocycles. The second-order valence-corrected chi connectivity index (χ2v) is 5.74. The van der Waals surface area contributed by atoms with E-state index < -0.39 is 0 Å². The minimum absolute atomic E-state index is 0.0269. The average molecular weight is 276 g/mol. The Morgan fingerprint density at radius 1 is 1.37 bits per heavy atom. The number of benzene rings is 1. The van der Waals surface area contributed by atoms with Crippen molar-refractivity contribution in [2.45, 2.75) is 25.4 Å². The fraction of sp³-hybridized carbons (Fsp3) is 0.400. The Kier molecular flexibility index (Phi) is 3.53. The molecular formula is C15H16O3S. The molecule has 1 fully saturated rings. The number of hydrogen-bond acceptors (Lipinski definition) is 4. The van der Waals surface area contributed by atoms with Gasteiger partial charge < -0.3 is 9.47 Å². The molecule has 4 heteroatoms. The van der Waals surface area contributed by atoms with Crippen LogP contribution in [0.4, 0.5) is 0 Å². The number of carbonyl (C=O) groups is 1. The van der Waals surface area contributed by atoms with E-state index in [2.05, 4.69) is 6.07 Å². The van der Waals surface area contributed by atoms with E-state index in [1.165, 1.54) is 18.4 Å². The molecule has 0 saturated carbocycles. The molecule has 0 bridgehead atoms. The molecule has 0 radical (unpaired) electrons. The molecule has 2 heterocycles. The fourth-order valence-electron chi connectivity index (χ4n) is 2.60. The highest BCUT2D eigenvalue weighted by Gasteiger charge is 2.27. The maximum Gasteiger partial charge on any atom is 0.348 e. The van der Waals surface area contributed by atoms with Crippen LogP contribution in [0.15, 0.2) is 24.3 Å². The molecule has 3 nitrogen and oxygen atoms in total. The molecule has 1 aliphatic heterocycles. The van der Waals surface area contributed by atoms with Crippen LogP contribution in [0.25, 0.3) is 10.1 Å². The first-order chi connectivity index (χ1) is 9.31. The lowest BCUT2D eigenvalue weighted by molar-refractivity contribution is 0.0149. The quantitative estimate of drug-likeness (QED) is 0.780. The third-order valence-corrected chi connectivity index (χ3v) is 4.67. The first kappa shape index (κ1) is 12.6. The lowest BCUT2D eigenvalue weighted by Crippen LogP contribution is -2.14. The third kappa shape index (κ3) is 2.26. The van der Waals surface area contributed by atoms with Crippen LogP contribution < -0.4 is 0 Å². The van der Waals surface area contributed by atoms with Gasteiger partial charge in [-0.3, -0.25) is 0 Å². The molecule has 2 aromatic rings. The van der Waals surface area contributed by atoms with E-state index in [0.29, 0.717) is 4.88 Å². The monoisotopic (exact) mass is 276 g/mol. The van der Waals surface area contributed by atoms with Crippen molar-refractivity contribution >= 4 is 27.4 Å². The zero-order chi connectivity index (χ0) is 13.2. The number of thiophene rings is 1. The van der Waals surface area contributed by atoms with Crippen molar-refractivity contribution in [3.8, 4) is 0 Å². The molecule has 100 valence electrons. The minimum atomic E-state index is -0.259. The van der Waals surface area contributed by atoms with Crippen molar-refractivity contribution in [3.05, 3.63) is 34.7 Å². The van der Waals surface area contributed by atoms with E-state index >= 15 is 0 Å². The third-order valence-electron chi connectivity index (χ3n) is 3.51. The summed E-state index contributed by atoms with van der Waals surface area (Å²) in [5.41, 5.74) is 1.02. The van der Waals surface area contributed by atoms with Crippen LogP contribution in [0.3, 0.4) is 0 Å². The zero-order valence-corrected chi connectivity index (χ0v) is 11.7. The first-order valence-corrected chi connectivity index (χ1v) is 7.34. The summed E-state index contributed by atoms with van der Waals surface area (Å²) in [4.78, 5) is 12.7. The zero-order valence-electron chi connectivity index (χ0n) is 10.8. The summed E-state index contributed by atoms with van der Waals surface area (Å²) in [5.74, 6) is -0.259. The summed E-state index contributed by atoms with van der Waals surface area (Å²) in [5, 5.41) is 1.12. The number of esters is 1. The number of fused-ring (bicyclic) bond motifs is 1. The predicted molar refractivity (Wildman–Crippen MR) is 75.7 cm³/mol. The van der Waals surface area contributed by atoms with Gasteiger partial charge in [0.15, 0.2) is 0 Å². The average Bonchev–Trinajstić information content (AvgIpc) is 2.86. The van der Waals surface area contributed by atoms with Crippen molar-refractivity contribution in [2.24, 2.45) is 0 Å². The summed E-state index contributed by atoms with van der Waals surface area (Å²) < 4.78 is 11.9. The molecule has 1 unspecified atom stereocenters. The Hall–Kier alpha value is -1.39. The molecule has 1 atom stereocenters. The van der Waals surface area contributed by atoms with Crippen molar-refractivity contribution in [1.82, 2.24) is 0 Å². The minimum Gasteiger partial charge on any atom is -0.465 e. The highest BCUT2D eigenvalue weighted by atomic mass is 32.1. The summed E-state index contributed by atoms with van der Waals surface area (Å²) in [6.45, 7) is 0.773. The van der Waals surface area contributed by atoms with Crippen LogP contribution in [0.2, 0.25) is 0 Å². The molecule has 0 spiro atoms. The largest absolute Gasteiger partial charge is 0.465 e. The maximum atomic E-state index is 12.0. The van der Waals surface area contributed by atoms with Crippen LogP contribution >= 0.6 is 11.3 Å². The number of rotatable bonds is 2. The molecule has 19 heavy (non-hydrogen) atoms. The topological polar surface area (TPSA) is 35.5 Å². The second-order valence-electron chi connectivity index (χ2n) is 4.69. The number of ether oxygens (including phenoxy) is 2. The van der Waals surface area contributed by atoms with Gasteiger partial charge in [-0.1, -0.05) is 18.2 Å². The Morgan fingerprint density at radius 2 is 2.21 bits per heavy atom. The number of methoxy groups -OCH3 is 1. The molecular weight excluding hydrogens is 260 g/mol. The van der Waals surface area contributed by atoms with E-state index in [-0.39, 0.29) is 12.1 Å². The maximum absolute atomic E-state index is 12.0. The highest BCUT2D eigenvalue weighted by Crippen LogP contribution is 2.40. The van der Waals surface area contributed by atoms with Crippen molar-refractivity contribution < 1.29 is 14.3 Å². The van der Waals surface area contributed by atoms with Gasteiger partial charge in [-0.05, 0) is 30.7 Å².